The third-order valence-corrected chi connectivity index (χ3v) is 9.88. The zero-order valence-electron chi connectivity index (χ0n) is 23.5. The molecule has 1 spiro atoms. The maximum absolute atomic E-state index is 6.65. The number of fused-ring (bicyclic) bond motifs is 13. The highest BCUT2D eigenvalue weighted by atomic mass is 16.5. The van der Waals surface area contributed by atoms with Crippen molar-refractivity contribution in [2.75, 3.05) is 0 Å². The summed E-state index contributed by atoms with van der Waals surface area (Å²) in [7, 11) is 0. The van der Waals surface area contributed by atoms with Crippen LogP contribution in [0.15, 0.2) is 151 Å². The third kappa shape index (κ3) is 2.88. The van der Waals surface area contributed by atoms with E-state index in [-0.39, 0.29) is 0 Å². The van der Waals surface area contributed by atoms with E-state index in [1.165, 1.54) is 71.7 Å². The van der Waals surface area contributed by atoms with Crippen LogP contribution in [0.5, 0.6) is 5.75 Å². The summed E-state index contributed by atoms with van der Waals surface area (Å²) in [5.74, 6) is 2.06. The summed E-state index contributed by atoms with van der Waals surface area (Å²) < 4.78 is 9.12. The minimum Gasteiger partial charge on any atom is -0.461 e. The molecule has 202 valence electrons. The van der Waals surface area contributed by atoms with Gasteiger partial charge in [0, 0.05) is 34.0 Å². The fraction of sp³-hybridized carbons (Fsp3) is 0.0732. The number of hydrogen-bond acceptors (Lipinski definition) is 1. The molecule has 0 saturated carbocycles. The molecule has 43 heavy (non-hydrogen) atoms. The lowest BCUT2D eigenvalue weighted by Gasteiger charge is -2.41. The third-order valence-electron chi connectivity index (χ3n) is 9.88. The Morgan fingerprint density at radius 2 is 1.40 bits per heavy atom. The van der Waals surface area contributed by atoms with E-state index in [9.17, 15) is 0 Å². The van der Waals surface area contributed by atoms with Crippen LogP contribution in [0.1, 0.15) is 29.5 Å². The Balaban J connectivity index is 1.43. The van der Waals surface area contributed by atoms with Crippen LogP contribution >= 0.6 is 0 Å². The number of benzene rings is 6. The first-order valence-corrected chi connectivity index (χ1v) is 15.2. The van der Waals surface area contributed by atoms with Crippen molar-refractivity contribution in [2.24, 2.45) is 0 Å². The van der Waals surface area contributed by atoms with Crippen LogP contribution in [0.25, 0.3) is 49.4 Å². The molecule has 1 aromatic heterocycles. The van der Waals surface area contributed by atoms with Crippen molar-refractivity contribution >= 4 is 32.6 Å². The molecule has 0 fully saturated rings. The molecule has 6 aromatic carbocycles. The smallest absolute Gasteiger partial charge is 0.131 e. The number of nitrogens with zero attached hydrogens (tertiary/aromatic N) is 1. The van der Waals surface area contributed by atoms with Crippen LogP contribution < -0.4 is 4.74 Å². The molecule has 10 rings (SSSR count). The molecule has 1 atom stereocenters. The molecule has 0 N–H and O–H groups in total. The molecule has 3 aliphatic rings. The van der Waals surface area contributed by atoms with Crippen LogP contribution in [0.4, 0.5) is 0 Å². The zero-order valence-corrected chi connectivity index (χ0v) is 23.5. The number of rotatable bonds is 1. The molecule has 1 unspecified atom stereocenters. The van der Waals surface area contributed by atoms with Crippen molar-refractivity contribution < 1.29 is 4.74 Å². The van der Waals surface area contributed by atoms with E-state index in [2.05, 4.69) is 144 Å². The van der Waals surface area contributed by atoms with Crippen LogP contribution in [0.2, 0.25) is 0 Å². The monoisotopic (exact) mass is 549 g/mol. The van der Waals surface area contributed by atoms with Gasteiger partial charge in [0.05, 0.1) is 16.4 Å². The van der Waals surface area contributed by atoms with Gasteiger partial charge in [0.1, 0.15) is 11.5 Å². The molecule has 0 bridgehead atoms. The lowest BCUT2D eigenvalue weighted by molar-refractivity contribution is 0.364. The summed E-state index contributed by atoms with van der Waals surface area (Å²) in [5, 5.41) is 5.15. The second-order valence-electron chi connectivity index (χ2n) is 11.9. The van der Waals surface area contributed by atoms with Crippen LogP contribution in [-0.4, -0.2) is 4.57 Å². The average Bonchev–Trinajstić information content (AvgIpc) is 3.55. The summed E-state index contributed by atoms with van der Waals surface area (Å²) in [5.41, 5.74) is 11.0. The maximum atomic E-state index is 6.65. The fourth-order valence-electron chi connectivity index (χ4n) is 8.22. The van der Waals surface area contributed by atoms with E-state index >= 15 is 0 Å². The summed E-state index contributed by atoms with van der Waals surface area (Å²) in [6.07, 6.45) is 6.58. The number of ether oxygens (including phenoxy) is 1. The molecule has 1 aliphatic heterocycles. The van der Waals surface area contributed by atoms with Gasteiger partial charge in [-0.25, -0.2) is 0 Å². The highest BCUT2D eigenvalue weighted by Crippen LogP contribution is 2.62. The quantitative estimate of drug-likeness (QED) is 0.199. The largest absolute Gasteiger partial charge is 0.461 e. The predicted molar refractivity (Wildman–Crippen MR) is 176 cm³/mol. The normalized spacial score (nSPS) is 18.1. The molecular formula is C41H27NO. The average molecular weight is 550 g/mol. The predicted octanol–water partition coefficient (Wildman–Crippen LogP) is 10.2. The van der Waals surface area contributed by atoms with Gasteiger partial charge in [0.2, 0.25) is 0 Å². The number of aromatic nitrogens is 1. The van der Waals surface area contributed by atoms with Gasteiger partial charge in [-0.3, -0.25) is 0 Å². The van der Waals surface area contributed by atoms with Crippen molar-refractivity contribution in [1.82, 2.24) is 4.57 Å². The summed E-state index contributed by atoms with van der Waals surface area (Å²) in [6, 6.07) is 46.9. The van der Waals surface area contributed by atoms with Gasteiger partial charge in [0.15, 0.2) is 0 Å². The van der Waals surface area contributed by atoms with Crippen molar-refractivity contribution in [2.45, 2.75) is 18.3 Å². The minimum atomic E-state index is -0.443. The van der Waals surface area contributed by atoms with Gasteiger partial charge in [-0.2, -0.15) is 0 Å². The number of allylic oxidation sites excluding steroid dienone is 4. The van der Waals surface area contributed by atoms with E-state index in [4.69, 9.17) is 4.74 Å². The molecule has 2 nitrogen and oxygen atoms in total. The van der Waals surface area contributed by atoms with Crippen LogP contribution in [-0.2, 0) is 5.41 Å². The van der Waals surface area contributed by atoms with E-state index < -0.39 is 5.41 Å². The second kappa shape index (κ2) is 8.36. The highest BCUT2D eigenvalue weighted by molar-refractivity contribution is 6.22. The summed E-state index contributed by atoms with van der Waals surface area (Å²) in [6.45, 7) is 0. The molecular weight excluding hydrogens is 522 g/mol. The van der Waals surface area contributed by atoms with Crippen molar-refractivity contribution in [3.8, 4) is 22.6 Å². The van der Waals surface area contributed by atoms with Gasteiger partial charge in [-0.1, -0.05) is 103 Å². The molecule has 2 heterocycles. The standard InChI is InChI=1S/C41H27NO/c1-2-13-27(14-3-1)42-36-23-22-26-12-4-5-15-28(26)40(36)31-24-30-29-16-6-7-17-32(29)41(35(30)25-37(31)42)33-18-8-10-20-38(33)43-39-21-11-9-19-34(39)41/h1-10,12-20,22-25H,11,21H2. The van der Waals surface area contributed by atoms with Crippen LogP contribution in [0, 0.1) is 0 Å². The van der Waals surface area contributed by atoms with Gasteiger partial charge in [-0.15, -0.1) is 0 Å². The first kappa shape index (κ1) is 23.2. The molecule has 2 heteroatoms. The first-order valence-electron chi connectivity index (χ1n) is 15.2. The lowest BCUT2D eigenvalue weighted by atomic mass is 9.64. The molecule has 2 aliphatic carbocycles. The fourth-order valence-corrected chi connectivity index (χ4v) is 8.22. The zero-order chi connectivity index (χ0) is 28.1. The second-order valence-corrected chi connectivity index (χ2v) is 11.9. The Hall–Kier alpha value is -5.34. The van der Waals surface area contributed by atoms with Gasteiger partial charge >= 0.3 is 0 Å². The topological polar surface area (TPSA) is 14.2 Å². The number of para-hydroxylation sites is 2. The Labute approximate surface area is 249 Å². The van der Waals surface area contributed by atoms with E-state index in [1.54, 1.807) is 0 Å². The van der Waals surface area contributed by atoms with E-state index in [1.807, 2.05) is 0 Å². The van der Waals surface area contributed by atoms with Crippen molar-refractivity contribution in [3.05, 3.63) is 168 Å². The Morgan fingerprint density at radius 3 is 2.33 bits per heavy atom. The SMILES string of the molecule is C1=CC2=C(CC1)Oc1ccccc1C21c2ccccc2-c2cc3c4c5ccccc5ccc4n(-c4ccccc4)c3cc21. The number of hydrogen-bond donors (Lipinski definition) is 0. The maximum Gasteiger partial charge on any atom is 0.131 e. The molecule has 0 amide bonds. The highest BCUT2D eigenvalue weighted by Gasteiger charge is 2.52. The lowest BCUT2D eigenvalue weighted by Crippen LogP contribution is -2.35. The molecule has 7 aromatic rings. The Kier molecular flexibility index (Phi) is 4.52. The van der Waals surface area contributed by atoms with Gasteiger partial charge in [0.25, 0.3) is 0 Å². The Bertz CT molecular complexity index is 2370. The Morgan fingerprint density at radius 1 is 0.605 bits per heavy atom. The summed E-state index contributed by atoms with van der Waals surface area (Å²) in [4.78, 5) is 0. The van der Waals surface area contributed by atoms with Crippen LogP contribution in [0.3, 0.4) is 0 Å². The van der Waals surface area contributed by atoms with Crippen molar-refractivity contribution in [3.63, 3.8) is 0 Å². The van der Waals surface area contributed by atoms with Crippen molar-refractivity contribution in [1.29, 1.82) is 0 Å². The van der Waals surface area contributed by atoms with E-state index in [0.29, 0.717) is 0 Å². The molecule has 0 saturated heterocycles. The minimum absolute atomic E-state index is 0.443. The van der Waals surface area contributed by atoms with E-state index in [0.717, 1.165) is 24.4 Å². The molecule has 0 radical (unpaired) electrons. The summed E-state index contributed by atoms with van der Waals surface area (Å²) >= 11 is 0. The van der Waals surface area contributed by atoms with Gasteiger partial charge < -0.3 is 9.30 Å². The first-order chi connectivity index (χ1) is 21.3. The van der Waals surface area contributed by atoms with Gasteiger partial charge in [-0.05, 0) is 75.8 Å².